The summed E-state index contributed by atoms with van der Waals surface area (Å²) in [4.78, 5) is 35.7. The average molecular weight is 321 g/mol. The Morgan fingerprint density at radius 2 is 2.00 bits per heavy atom. The van der Waals surface area contributed by atoms with Gasteiger partial charge in [0.15, 0.2) is 0 Å². The van der Waals surface area contributed by atoms with Gasteiger partial charge in [-0.25, -0.2) is 4.79 Å². The van der Waals surface area contributed by atoms with Crippen molar-refractivity contribution in [1.29, 1.82) is 0 Å². The standard InChI is InChI=1S/C15H19N3O5/c16-15(22)17-8-10-1-3-11(4-2-10)14(21)18-5-6-23-9-12(18)7-13(19)20/h1-4,12H,5-9H2,(H,19,20)(H3,16,17,22). The molecule has 1 atom stereocenters. The lowest BCUT2D eigenvalue weighted by atomic mass is 10.1. The van der Waals surface area contributed by atoms with Crippen LogP contribution < -0.4 is 11.1 Å². The molecule has 4 N–H and O–H groups in total. The molecule has 2 rings (SSSR count). The van der Waals surface area contributed by atoms with Crippen molar-refractivity contribution < 1.29 is 24.2 Å². The Morgan fingerprint density at radius 3 is 2.61 bits per heavy atom. The van der Waals surface area contributed by atoms with Crippen LogP contribution in [0.25, 0.3) is 0 Å². The van der Waals surface area contributed by atoms with E-state index < -0.39 is 18.0 Å². The van der Waals surface area contributed by atoms with Crippen LogP contribution >= 0.6 is 0 Å². The second-order valence-electron chi connectivity index (χ2n) is 5.24. The zero-order valence-corrected chi connectivity index (χ0v) is 12.5. The van der Waals surface area contributed by atoms with Gasteiger partial charge in [0.2, 0.25) is 0 Å². The maximum absolute atomic E-state index is 12.6. The van der Waals surface area contributed by atoms with Crippen molar-refractivity contribution in [3.8, 4) is 0 Å². The second kappa shape index (κ2) is 7.59. The number of carboxylic acid groups (broad SMARTS) is 1. The minimum atomic E-state index is -0.967. The fourth-order valence-electron chi connectivity index (χ4n) is 2.41. The molecule has 0 aliphatic carbocycles. The normalized spacial score (nSPS) is 17.6. The minimum Gasteiger partial charge on any atom is -0.481 e. The summed E-state index contributed by atoms with van der Waals surface area (Å²) >= 11 is 0. The van der Waals surface area contributed by atoms with Crippen molar-refractivity contribution in [1.82, 2.24) is 10.2 Å². The van der Waals surface area contributed by atoms with Gasteiger partial charge in [0.1, 0.15) is 0 Å². The van der Waals surface area contributed by atoms with Crippen LogP contribution in [0.1, 0.15) is 22.3 Å². The van der Waals surface area contributed by atoms with Crippen molar-refractivity contribution >= 4 is 17.9 Å². The third-order valence-electron chi connectivity index (χ3n) is 3.57. The summed E-state index contributed by atoms with van der Waals surface area (Å²) in [6, 6.07) is 5.65. The highest BCUT2D eigenvalue weighted by Crippen LogP contribution is 2.16. The third kappa shape index (κ3) is 4.68. The van der Waals surface area contributed by atoms with Gasteiger partial charge in [-0.2, -0.15) is 0 Å². The number of nitrogens with one attached hydrogen (secondary N) is 1. The summed E-state index contributed by atoms with van der Waals surface area (Å²) in [7, 11) is 0. The van der Waals surface area contributed by atoms with Gasteiger partial charge in [0.05, 0.1) is 25.7 Å². The lowest BCUT2D eigenvalue weighted by Crippen LogP contribution is -2.49. The molecule has 3 amide bonds. The van der Waals surface area contributed by atoms with Gasteiger partial charge >= 0.3 is 12.0 Å². The minimum absolute atomic E-state index is 0.146. The molecule has 0 bridgehead atoms. The van der Waals surface area contributed by atoms with E-state index in [2.05, 4.69) is 5.32 Å². The maximum atomic E-state index is 12.6. The Morgan fingerprint density at radius 1 is 1.30 bits per heavy atom. The molecule has 23 heavy (non-hydrogen) atoms. The van der Waals surface area contributed by atoms with Gasteiger partial charge in [-0.3, -0.25) is 9.59 Å². The molecule has 8 nitrogen and oxygen atoms in total. The van der Waals surface area contributed by atoms with Crippen LogP contribution in [0.15, 0.2) is 24.3 Å². The smallest absolute Gasteiger partial charge is 0.312 e. The number of rotatable bonds is 5. The lowest BCUT2D eigenvalue weighted by molar-refractivity contribution is -0.139. The van der Waals surface area contributed by atoms with E-state index in [9.17, 15) is 14.4 Å². The largest absolute Gasteiger partial charge is 0.481 e. The first-order chi connectivity index (χ1) is 11.0. The summed E-state index contributed by atoms with van der Waals surface area (Å²) in [5.41, 5.74) is 6.27. The molecular weight excluding hydrogens is 302 g/mol. The topological polar surface area (TPSA) is 122 Å². The number of benzene rings is 1. The van der Waals surface area contributed by atoms with Crippen molar-refractivity contribution in [3.05, 3.63) is 35.4 Å². The average Bonchev–Trinajstić information content (AvgIpc) is 2.53. The maximum Gasteiger partial charge on any atom is 0.312 e. The molecule has 8 heteroatoms. The highest BCUT2D eigenvalue weighted by atomic mass is 16.5. The van der Waals surface area contributed by atoms with Gasteiger partial charge in [0, 0.05) is 18.7 Å². The quantitative estimate of drug-likeness (QED) is 0.713. The zero-order chi connectivity index (χ0) is 16.8. The first-order valence-electron chi connectivity index (χ1n) is 7.20. The number of morpholine rings is 1. The molecule has 1 unspecified atom stereocenters. The molecule has 0 aromatic heterocycles. The van der Waals surface area contributed by atoms with Gasteiger partial charge in [-0.05, 0) is 17.7 Å². The number of ether oxygens (including phenoxy) is 1. The number of primary amides is 1. The molecule has 1 aromatic carbocycles. The number of nitrogens with zero attached hydrogens (tertiary/aromatic N) is 1. The van der Waals surface area contributed by atoms with Crippen LogP contribution in [0.5, 0.6) is 0 Å². The number of aliphatic carboxylic acids is 1. The van der Waals surface area contributed by atoms with Crippen LogP contribution in [0, 0.1) is 0 Å². The van der Waals surface area contributed by atoms with Crippen LogP contribution in [-0.2, 0) is 16.1 Å². The van der Waals surface area contributed by atoms with Crippen molar-refractivity contribution in [3.63, 3.8) is 0 Å². The van der Waals surface area contributed by atoms with Crippen molar-refractivity contribution in [2.45, 2.75) is 19.0 Å². The van der Waals surface area contributed by atoms with Gasteiger partial charge in [-0.1, -0.05) is 12.1 Å². The number of hydrogen-bond donors (Lipinski definition) is 3. The number of carbonyl (C=O) groups is 3. The molecule has 1 aliphatic rings. The molecule has 0 saturated carbocycles. The van der Waals surface area contributed by atoms with E-state index in [1.807, 2.05) is 0 Å². The number of carboxylic acids is 1. The van der Waals surface area contributed by atoms with Gasteiger partial charge < -0.3 is 25.8 Å². The van der Waals surface area contributed by atoms with Crippen LogP contribution in [0.2, 0.25) is 0 Å². The summed E-state index contributed by atoms with van der Waals surface area (Å²) in [6.07, 6.45) is -0.146. The Balaban J connectivity index is 2.05. The molecule has 1 saturated heterocycles. The van der Waals surface area contributed by atoms with E-state index in [4.69, 9.17) is 15.6 Å². The zero-order valence-electron chi connectivity index (χ0n) is 12.5. The van der Waals surface area contributed by atoms with Crippen molar-refractivity contribution in [2.75, 3.05) is 19.8 Å². The summed E-state index contributed by atoms with van der Waals surface area (Å²) in [5, 5.41) is 11.4. The number of urea groups is 1. The molecule has 1 fully saturated rings. The molecule has 1 aromatic rings. The lowest BCUT2D eigenvalue weighted by Gasteiger charge is -2.34. The highest BCUT2D eigenvalue weighted by Gasteiger charge is 2.29. The van der Waals surface area contributed by atoms with Gasteiger partial charge in [0.25, 0.3) is 5.91 Å². The number of carbonyl (C=O) groups excluding carboxylic acids is 2. The van der Waals surface area contributed by atoms with Crippen molar-refractivity contribution in [2.24, 2.45) is 5.73 Å². The van der Waals surface area contributed by atoms with E-state index >= 15 is 0 Å². The summed E-state index contributed by atoms with van der Waals surface area (Å²) in [5.74, 6) is -1.19. The first-order valence-corrected chi connectivity index (χ1v) is 7.20. The van der Waals surface area contributed by atoms with Gasteiger partial charge in [-0.15, -0.1) is 0 Å². The molecule has 0 spiro atoms. The molecule has 124 valence electrons. The van der Waals surface area contributed by atoms with Crippen LogP contribution in [0.3, 0.4) is 0 Å². The molecule has 1 aliphatic heterocycles. The predicted octanol–water partition coefficient (Wildman–Crippen LogP) is 0.171. The van der Waals surface area contributed by atoms with E-state index in [0.29, 0.717) is 18.7 Å². The Bertz CT molecular complexity index is 587. The molecule has 1 heterocycles. The molecular formula is C15H19N3O5. The van der Waals surface area contributed by atoms with E-state index in [0.717, 1.165) is 5.56 Å². The summed E-state index contributed by atoms with van der Waals surface area (Å²) < 4.78 is 5.26. The Hall–Kier alpha value is -2.61. The fraction of sp³-hybridized carbons (Fsp3) is 0.400. The number of hydrogen-bond acceptors (Lipinski definition) is 4. The Labute approximate surface area is 133 Å². The summed E-state index contributed by atoms with van der Waals surface area (Å²) in [6.45, 7) is 1.26. The first kappa shape index (κ1) is 16.8. The van der Waals surface area contributed by atoms with E-state index in [1.165, 1.54) is 4.90 Å². The Kier molecular flexibility index (Phi) is 5.53. The monoisotopic (exact) mass is 321 g/mol. The second-order valence-corrected chi connectivity index (χ2v) is 5.24. The third-order valence-corrected chi connectivity index (χ3v) is 3.57. The predicted molar refractivity (Wildman–Crippen MR) is 80.8 cm³/mol. The molecule has 0 radical (unpaired) electrons. The fourth-order valence-corrected chi connectivity index (χ4v) is 2.41. The SMILES string of the molecule is NC(=O)NCc1ccc(C(=O)N2CCOCC2CC(=O)O)cc1. The van der Waals surface area contributed by atoms with E-state index in [-0.39, 0.29) is 25.5 Å². The van der Waals surface area contributed by atoms with E-state index in [1.54, 1.807) is 24.3 Å². The highest BCUT2D eigenvalue weighted by molar-refractivity contribution is 5.94. The van der Waals surface area contributed by atoms with Crippen LogP contribution in [0.4, 0.5) is 4.79 Å². The number of nitrogens with two attached hydrogens (primary N) is 1. The number of amides is 3. The van der Waals surface area contributed by atoms with Crippen LogP contribution in [-0.4, -0.2) is 53.7 Å².